The van der Waals surface area contributed by atoms with Crippen LogP contribution in [0.15, 0.2) is 109 Å². The average molecular weight is 663 g/mol. The second kappa shape index (κ2) is 10.2. The van der Waals surface area contributed by atoms with Crippen LogP contribution in [0.25, 0.3) is 57.1 Å². The van der Waals surface area contributed by atoms with E-state index < -0.39 is 0 Å². The summed E-state index contributed by atoms with van der Waals surface area (Å²) in [5.74, 6) is 2.09. The quantitative estimate of drug-likeness (QED) is 0.188. The number of allylic oxidation sites excluding steroid dienone is 4. The van der Waals surface area contributed by atoms with Crippen LogP contribution in [0.2, 0.25) is 0 Å². The lowest BCUT2D eigenvalue weighted by Crippen LogP contribution is -2.24. The zero-order valence-electron chi connectivity index (χ0n) is 29.7. The number of fused-ring (bicyclic) bond motifs is 9. The van der Waals surface area contributed by atoms with E-state index in [4.69, 9.17) is 29.9 Å². The third-order valence-electron chi connectivity index (χ3n) is 12.1. The Balaban J connectivity index is 1.16. The summed E-state index contributed by atoms with van der Waals surface area (Å²) in [7, 11) is 0. The standard InChI is InChI=1S/C45H38N6/c1-43(2)28-16-10-7-13-25(28)37-31(43)19-22-34(46-37)40-49-41(35-23-20-32-38(47-35)26-14-8-11-17-29(26)44(32,3)4)51-42(50-40)36-24-21-33-39(48-36)27-15-9-12-18-30(27)45(33,5)6/h7-25,28H,1-6H3. The Labute approximate surface area is 298 Å². The molecule has 4 heterocycles. The molecule has 0 saturated heterocycles. The van der Waals surface area contributed by atoms with Crippen LogP contribution in [0.4, 0.5) is 0 Å². The Bertz CT molecular complexity index is 2410. The summed E-state index contributed by atoms with van der Waals surface area (Å²) in [4.78, 5) is 31.1. The van der Waals surface area contributed by atoms with Crippen molar-refractivity contribution < 1.29 is 0 Å². The van der Waals surface area contributed by atoms with Crippen LogP contribution < -0.4 is 0 Å². The molecule has 0 saturated carbocycles. The average Bonchev–Trinajstić information content (AvgIpc) is 3.64. The lowest BCUT2D eigenvalue weighted by atomic mass is 9.74. The summed E-state index contributed by atoms with van der Waals surface area (Å²) in [6.07, 6.45) is 8.90. The highest BCUT2D eigenvalue weighted by Gasteiger charge is 2.46. The Morgan fingerprint density at radius 3 is 1.41 bits per heavy atom. The summed E-state index contributed by atoms with van der Waals surface area (Å²) in [6.45, 7) is 13.7. The lowest BCUT2D eigenvalue weighted by Gasteiger charge is -2.28. The molecule has 0 fully saturated rings. The molecular formula is C45H38N6. The highest BCUT2D eigenvalue weighted by atomic mass is 15.1. The second-order valence-electron chi connectivity index (χ2n) is 16.0. The number of nitrogens with zero attached hydrogens (tertiary/aromatic N) is 6. The molecule has 0 radical (unpaired) electrons. The fourth-order valence-corrected chi connectivity index (χ4v) is 9.20. The van der Waals surface area contributed by atoms with Crippen molar-refractivity contribution in [2.24, 2.45) is 5.92 Å². The Morgan fingerprint density at radius 1 is 0.431 bits per heavy atom. The molecule has 6 heteroatoms. The molecule has 0 amide bonds. The van der Waals surface area contributed by atoms with E-state index in [0.29, 0.717) is 34.8 Å². The van der Waals surface area contributed by atoms with Gasteiger partial charge in [0, 0.05) is 27.9 Å². The second-order valence-corrected chi connectivity index (χ2v) is 16.0. The third kappa shape index (κ3) is 4.16. The molecule has 6 aromatic rings. The Hall–Kier alpha value is -5.62. The smallest absolute Gasteiger partial charge is 0.182 e. The van der Waals surface area contributed by atoms with Crippen LogP contribution in [-0.2, 0) is 16.2 Å². The number of aromatic nitrogens is 6. The van der Waals surface area contributed by atoms with E-state index in [9.17, 15) is 0 Å². The largest absolute Gasteiger partial charge is 0.249 e. The van der Waals surface area contributed by atoms with E-state index in [-0.39, 0.29) is 22.2 Å². The predicted molar refractivity (Wildman–Crippen MR) is 202 cm³/mol. The van der Waals surface area contributed by atoms with Gasteiger partial charge in [-0.15, -0.1) is 0 Å². The maximum absolute atomic E-state index is 5.31. The molecule has 0 spiro atoms. The van der Waals surface area contributed by atoms with E-state index in [0.717, 1.165) is 33.9 Å². The van der Waals surface area contributed by atoms with Gasteiger partial charge in [-0.05, 0) is 57.3 Å². The first-order valence-corrected chi connectivity index (χ1v) is 17.9. The van der Waals surface area contributed by atoms with Gasteiger partial charge in [0.25, 0.3) is 0 Å². The van der Waals surface area contributed by atoms with Gasteiger partial charge in [0.05, 0.1) is 17.1 Å². The van der Waals surface area contributed by atoms with Crippen LogP contribution in [0.1, 0.15) is 81.0 Å². The minimum absolute atomic E-state index is 0.0287. The topological polar surface area (TPSA) is 77.3 Å². The summed E-state index contributed by atoms with van der Waals surface area (Å²) in [6, 6.07) is 29.9. The molecule has 248 valence electrons. The van der Waals surface area contributed by atoms with Crippen molar-refractivity contribution in [1.29, 1.82) is 0 Å². The van der Waals surface area contributed by atoms with Crippen molar-refractivity contribution in [3.63, 3.8) is 0 Å². The molecule has 0 aliphatic heterocycles. The van der Waals surface area contributed by atoms with Crippen LogP contribution >= 0.6 is 0 Å². The van der Waals surface area contributed by atoms with Crippen LogP contribution in [0, 0.1) is 5.92 Å². The van der Waals surface area contributed by atoms with Crippen molar-refractivity contribution in [2.75, 3.05) is 0 Å². The van der Waals surface area contributed by atoms with Crippen molar-refractivity contribution >= 4 is 0 Å². The van der Waals surface area contributed by atoms with Crippen molar-refractivity contribution in [3.8, 4) is 57.1 Å². The van der Waals surface area contributed by atoms with Gasteiger partial charge in [0.15, 0.2) is 17.5 Å². The van der Waals surface area contributed by atoms with E-state index in [1.165, 1.54) is 27.8 Å². The van der Waals surface area contributed by atoms with Gasteiger partial charge in [-0.2, -0.15) is 0 Å². The fraction of sp³-hybridized carbons (Fsp3) is 0.244. The molecular weight excluding hydrogens is 625 g/mol. The number of benzene rings is 2. The Kier molecular flexibility index (Phi) is 6.06. The molecule has 0 N–H and O–H groups in total. The molecule has 10 rings (SSSR count). The molecule has 6 nitrogen and oxygen atoms in total. The molecule has 4 aliphatic carbocycles. The van der Waals surface area contributed by atoms with E-state index >= 15 is 0 Å². The van der Waals surface area contributed by atoms with Gasteiger partial charge in [0.1, 0.15) is 17.1 Å². The first kappa shape index (κ1) is 30.2. The molecule has 2 atom stereocenters. The number of hydrogen-bond donors (Lipinski definition) is 0. The van der Waals surface area contributed by atoms with E-state index in [1.54, 1.807) is 0 Å². The molecule has 2 aromatic carbocycles. The lowest BCUT2D eigenvalue weighted by molar-refractivity contribution is 0.394. The Morgan fingerprint density at radius 2 is 0.882 bits per heavy atom. The van der Waals surface area contributed by atoms with Crippen LogP contribution in [-0.4, -0.2) is 29.9 Å². The van der Waals surface area contributed by atoms with Gasteiger partial charge >= 0.3 is 0 Å². The maximum atomic E-state index is 5.31. The normalized spacial score (nSPS) is 20.3. The first-order chi connectivity index (χ1) is 24.5. The van der Waals surface area contributed by atoms with Gasteiger partial charge in [0.2, 0.25) is 0 Å². The highest BCUT2D eigenvalue weighted by molar-refractivity contribution is 5.81. The summed E-state index contributed by atoms with van der Waals surface area (Å²) in [5, 5.41) is 0. The number of rotatable bonds is 3. The monoisotopic (exact) mass is 662 g/mol. The fourth-order valence-electron chi connectivity index (χ4n) is 9.20. The van der Waals surface area contributed by atoms with E-state index in [2.05, 4.69) is 139 Å². The number of pyridine rings is 3. The number of hydrogen-bond acceptors (Lipinski definition) is 6. The minimum atomic E-state index is -0.145. The zero-order chi connectivity index (χ0) is 34.9. The highest BCUT2D eigenvalue weighted by Crippen LogP contribution is 2.53. The zero-order valence-corrected chi connectivity index (χ0v) is 29.7. The maximum Gasteiger partial charge on any atom is 0.182 e. The summed E-state index contributed by atoms with van der Waals surface area (Å²) in [5.41, 5.74) is 13.4. The molecule has 51 heavy (non-hydrogen) atoms. The third-order valence-corrected chi connectivity index (χ3v) is 12.1. The first-order valence-electron chi connectivity index (χ1n) is 17.9. The SMILES string of the molecule is CC1(C)c2ccccc2-c2nc(-c3nc(-c4ccc5c(n4)-c4ccccc4C5(C)C)nc(-c4ccc5c(n4)C4C=CC=CC4C5(C)C)n3)ccc21. The van der Waals surface area contributed by atoms with Crippen LogP contribution in [0.3, 0.4) is 0 Å². The van der Waals surface area contributed by atoms with Gasteiger partial charge < -0.3 is 0 Å². The van der Waals surface area contributed by atoms with Gasteiger partial charge in [-0.25, -0.2) is 29.9 Å². The molecule has 4 aromatic heterocycles. The van der Waals surface area contributed by atoms with E-state index in [1.807, 2.05) is 12.1 Å². The van der Waals surface area contributed by atoms with Gasteiger partial charge in [-0.1, -0.05) is 133 Å². The van der Waals surface area contributed by atoms with Crippen molar-refractivity contribution in [3.05, 3.63) is 143 Å². The summed E-state index contributed by atoms with van der Waals surface area (Å²) < 4.78 is 0. The van der Waals surface area contributed by atoms with Gasteiger partial charge in [-0.3, -0.25) is 0 Å². The summed E-state index contributed by atoms with van der Waals surface area (Å²) >= 11 is 0. The molecule has 2 unspecified atom stereocenters. The van der Waals surface area contributed by atoms with Crippen molar-refractivity contribution in [1.82, 2.24) is 29.9 Å². The van der Waals surface area contributed by atoms with Crippen LogP contribution in [0.5, 0.6) is 0 Å². The molecule has 0 bridgehead atoms. The van der Waals surface area contributed by atoms with Crippen molar-refractivity contribution in [2.45, 2.75) is 63.7 Å². The minimum Gasteiger partial charge on any atom is -0.249 e. The predicted octanol–water partition coefficient (Wildman–Crippen LogP) is 9.79. The molecule has 4 aliphatic rings.